The van der Waals surface area contributed by atoms with Crippen molar-refractivity contribution in [2.75, 3.05) is 25.6 Å². The van der Waals surface area contributed by atoms with Crippen LogP contribution in [0.5, 0.6) is 5.75 Å². The van der Waals surface area contributed by atoms with Gasteiger partial charge in [0, 0.05) is 12.7 Å². The highest BCUT2D eigenvalue weighted by Gasteiger charge is 2.16. The van der Waals surface area contributed by atoms with Crippen molar-refractivity contribution in [1.29, 1.82) is 0 Å². The molecule has 1 fully saturated rings. The van der Waals surface area contributed by atoms with Gasteiger partial charge in [-0.1, -0.05) is 11.6 Å². The lowest BCUT2D eigenvalue weighted by atomic mass is 10.2. The van der Waals surface area contributed by atoms with Crippen LogP contribution in [0, 0.1) is 0 Å². The Hall–Kier alpha value is -0.930. The van der Waals surface area contributed by atoms with Crippen LogP contribution in [0.15, 0.2) is 18.2 Å². The molecule has 0 bridgehead atoms. The lowest BCUT2D eigenvalue weighted by Gasteiger charge is -2.14. The van der Waals surface area contributed by atoms with Gasteiger partial charge < -0.3 is 14.8 Å². The minimum Gasteiger partial charge on any atom is -0.497 e. The van der Waals surface area contributed by atoms with Crippen molar-refractivity contribution in [3.05, 3.63) is 23.2 Å². The summed E-state index contributed by atoms with van der Waals surface area (Å²) in [7, 11) is 1.63. The molecule has 0 aliphatic carbocycles. The SMILES string of the molecule is COc1ccc(NC2CCOC2)c(Cl)c1. The third kappa shape index (κ3) is 2.55. The van der Waals surface area contributed by atoms with E-state index in [-0.39, 0.29) is 0 Å². The predicted octanol–water partition coefficient (Wildman–Crippen LogP) is 2.55. The van der Waals surface area contributed by atoms with E-state index in [4.69, 9.17) is 21.1 Å². The highest BCUT2D eigenvalue weighted by atomic mass is 35.5. The lowest BCUT2D eigenvalue weighted by molar-refractivity contribution is 0.195. The standard InChI is InChI=1S/C11H14ClNO2/c1-14-9-2-3-11(10(12)6-9)13-8-4-5-15-7-8/h2-3,6,8,13H,4-5,7H2,1H3. The van der Waals surface area contributed by atoms with E-state index in [1.807, 2.05) is 12.1 Å². The summed E-state index contributed by atoms with van der Waals surface area (Å²) in [4.78, 5) is 0. The van der Waals surface area contributed by atoms with Crippen LogP contribution in [0.25, 0.3) is 0 Å². The van der Waals surface area contributed by atoms with Gasteiger partial charge in [-0.25, -0.2) is 0 Å². The zero-order chi connectivity index (χ0) is 10.7. The van der Waals surface area contributed by atoms with E-state index in [0.717, 1.165) is 31.1 Å². The molecule has 1 heterocycles. The van der Waals surface area contributed by atoms with Gasteiger partial charge in [0.15, 0.2) is 0 Å². The van der Waals surface area contributed by atoms with Gasteiger partial charge in [-0.15, -0.1) is 0 Å². The normalized spacial score (nSPS) is 20.3. The van der Waals surface area contributed by atoms with Gasteiger partial charge in [0.25, 0.3) is 0 Å². The molecule has 0 amide bonds. The molecule has 15 heavy (non-hydrogen) atoms. The number of anilines is 1. The van der Waals surface area contributed by atoms with Gasteiger partial charge in [-0.3, -0.25) is 0 Å². The van der Waals surface area contributed by atoms with Crippen LogP contribution >= 0.6 is 11.6 Å². The van der Waals surface area contributed by atoms with Crippen molar-refractivity contribution in [1.82, 2.24) is 0 Å². The first-order chi connectivity index (χ1) is 7.29. The Bertz CT molecular complexity index is 337. The van der Waals surface area contributed by atoms with Gasteiger partial charge in [0.05, 0.1) is 30.5 Å². The van der Waals surface area contributed by atoms with Crippen molar-refractivity contribution in [3.63, 3.8) is 0 Å². The van der Waals surface area contributed by atoms with E-state index >= 15 is 0 Å². The molecule has 82 valence electrons. The number of rotatable bonds is 3. The Balaban J connectivity index is 2.07. The molecular formula is C11H14ClNO2. The van der Waals surface area contributed by atoms with E-state index < -0.39 is 0 Å². The lowest BCUT2D eigenvalue weighted by Crippen LogP contribution is -2.18. The Morgan fingerprint density at radius 3 is 3.00 bits per heavy atom. The Kier molecular flexibility index (Phi) is 3.34. The van der Waals surface area contributed by atoms with Gasteiger partial charge in [-0.05, 0) is 18.6 Å². The molecule has 1 saturated heterocycles. The van der Waals surface area contributed by atoms with E-state index in [1.165, 1.54) is 0 Å². The van der Waals surface area contributed by atoms with E-state index in [2.05, 4.69) is 5.32 Å². The first-order valence-corrected chi connectivity index (χ1v) is 5.35. The molecule has 0 aromatic heterocycles. The average Bonchev–Trinajstić information content (AvgIpc) is 2.74. The molecule has 1 aromatic rings. The second-order valence-electron chi connectivity index (χ2n) is 3.55. The summed E-state index contributed by atoms with van der Waals surface area (Å²) in [5.74, 6) is 0.772. The van der Waals surface area contributed by atoms with Gasteiger partial charge in [0.1, 0.15) is 5.75 Å². The van der Waals surface area contributed by atoms with Crippen molar-refractivity contribution in [2.45, 2.75) is 12.5 Å². The summed E-state index contributed by atoms with van der Waals surface area (Å²) in [5.41, 5.74) is 0.938. The molecule has 1 unspecified atom stereocenters. The molecular weight excluding hydrogens is 214 g/mol. The number of halogens is 1. The zero-order valence-corrected chi connectivity index (χ0v) is 9.38. The Labute approximate surface area is 94.3 Å². The molecule has 3 nitrogen and oxygen atoms in total. The van der Waals surface area contributed by atoms with Crippen LogP contribution in [0.2, 0.25) is 5.02 Å². The minimum absolute atomic E-state index is 0.371. The second kappa shape index (κ2) is 4.73. The molecule has 1 atom stereocenters. The van der Waals surface area contributed by atoms with Crippen LogP contribution in [0.1, 0.15) is 6.42 Å². The highest BCUT2D eigenvalue weighted by molar-refractivity contribution is 6.33. The van der Waals surface area contributed by atoms with Crippen LogP contribution in [-0.2, 0) is 4.74 Å². The van der Waals surface area contributed by atoms with Crippen molar-refractivity contribution >= 4 is 17.3 Å². The van der Waals surface area contributed by atoms with Crippen LogP contribution in [0.4, 0.5) is 5.69 Å². The average molecular weight is 228 g/mol. The molecule has 4 heteroatoms. The number of hydrogen-bond acceptors (Lipinski definition) is 3. The Morgan fingerprint density at radius 2 is 2.40 bits per heavy atom. The molecule has 2 rings (SSSR count). The fraction of sp³-hybridized carbons (Fsp3) is 0.455. The van der Waals surface area contributed by atoms with Crippen LogP contribution in [-0.4, -0.2) is 26.4 Å². The largest absolute Gasteiger partial charge is 0.497 e. The fourth-order valence-electron chi connectivity index (χ4n) is 1.61. The topological polar surface area (TPSA) is 30.5 Å². The second-order valence-corrected chi connectivity index (χ2v) is 3.96. The molecule has 0 saturated carbocycles. The van der Waals surface area contributed by atoms with Gasteiger partial charge in [-0.2, -0.15) is 0 Å². The number of benzene rings is 1. The molecule has 1 aliphatic heterocycles. The van der Waals surface area contributed by atoms with Gasteiger partial charge >= 0.3 is 0 Å². The maximum atomic E-state index is 6.10. The minimum atomic E-state index is 0.371. The fourth-order valence-corrected chi connectivity index (χ4v) is 1.83. The molecule has 0 radical (unpaired) electrons. The quantitative estimate of drug-likeness (QED) is 0.861. The number of ether oxygens (including phenoxy) is 2. The van der Waals surface area contributed by atoms with Crippen molar-refractivity contribution in [3.8, 4) is 5.75 Å². The zero-order valence-electron chi connectivity index (χ0n) is 8.63. The molecule has 1 N–H and O–H groups in total. The van der Waals surface area contributed by atoms with E-state index in [1.54, 1.807) is 13.2 Å². The van der Waals surface area contributed by atoms with Crippen molar-refractivity contribution in [2.24, 2.45) is 0 Å². The van der Waals surface area contributed by atoms with Crippen LogP contribution < -0.4 is 10.1 Å². The number of methoxy groups -OCH3 is 1. The maximum Gasteiger partial charge on any atom is 0.120 e. The summed E-state index contributed by atoms with van der Waals surface area (Å²) < 4.78 is 10.4. The molecule has 1 aliphatic rings. The van der Waals surface area contributed by atoms with Crippen molar-refractivity contribution < 1.29 is 9.47 Å². The maximum absolute atomic E-state index is 6.10. The first-order valence-electron chi connectivity index (χ1n) is 4.97. The van der Waals surface area contributed by atoms with Gasteiger partial charge in [0.2, 0.25) is 0 Å². The van der Waals surface area contributed by atoms with Crippen LogP contribution in [0.3, 0.4) is 0 Å². The van der Waals surface area contributed by atoms with E-state index in [9.17, 15) is 0 Å². The predicted molar refractivity (Wildman–Crippen MR) is 60.9 cm³/mol. The molecule has 1 aromatic carbocycles. The summed E-state index contributed by atoms with van der Waals surface area (Å²) in [6.45, 7) is 1.58. The number of hydrogen-bond donors (Lipinski definition) is 1. The third-order valence-corrected chi connectivity index (χ3v) is 2.78. The smallest absolute Gasteiger partial charge is 0.120 e. The number of nitrogens with one attached hydrogen (secondary N) is 1. The summed E-state index contributed by atoms with van der Waals surface area (Å²) in [6, 6.07) is 6.00. The summed E-state index contributed by atoms with van der Waals surface area (Å²) in [6.07, 6.45) is 1.03. The third-order valence-electron chi connectivity index (χ3n) is 2.47. The van der Waals surface area contributed by atoms with E-state index in [0.29, 0.717) is 11.1 Å². The first kappa shape index (κ1) is 10.6. The monoisotopic (exact) mass is 227 g/mol. The molecule has 0 spiro atoms. The highest BCUT2D eigenvalue weighted by Crippen LogP contribution is 2.27. The Morgan fingerprint density at radius 1 is 1.53 bits per heavy atom. The summed E-state index contributed by atoms with van der Waals surface area (Å²) >= 11 is 6.10. The summed E-state index contributed by atoms with van der Waals surface area (Å²) in [5, 5.41) is 4.03.